The van der Waals surface area contributed by atoms with Crippen LogP contribution in [0.5, 0.6) is 0 Å². The molecule has 18 heavy (non-hydrogen) atoms. The smallest absolute Gasteiger partial charge is 0.235 e. The third-order valence-corrected chi connectivity index (χ3v) is 3.90. The molecule has 5 heteroatoms. The molecule has 1 saturated heterocycles. The highest BCUT2D eigenvalue weighted by atomic mass is 16.3. The molecule has 1 aliphatic carbocycles. The average molecular weight is 251 g/mol. The molecule has 0 aromatic rings. The monoisotopic (exact) mass is 251 g/mol. The maximum Gasteiger partial charge on any atom is 0.235 e. The van der Waals surface area contributed by atoms with Gasteiger partial charge in [0, 0.05) is 6.54 Å². The van der Waals surface area contributed by atoms with Crippen LogP contribution in [-0.4, -0.2) is 47.2 Å². The number of aliphatic hydroxyl groups is 1. The van der Waals surface area contributed by atoms with Gasteiger partial charge in [-0.2, -0.15) is 5.26 Å². The highest BCUT2D eigenvalue weighted by Gasteiger charge is 2.35. The molecule has 1 atom stereocenters. The quantitative estimate of drug-likeness (QED) is 0.761. The van der Waals surface area contributed by atoms with Gasteiger partial charge >= 0.3 is 0 Å². The number of carbonyl (C=O) groups excluding carboxylic acids is 1. The Morgan fingerprint density at radius 1 is 1.44 bits per heavy atom. The fourth-order valence-corrected chi connectivity index (χ4v) is 2.93. The minimum absolute atomic E-state index is 0.0902. The largest absolute Gasteiger partial charge is 0.392 e. The Kier molecular flexibility index (Phi) is 4.20. The first kappa shape index (κ1) is 13.3. The minimum Gasteiger partial charge on any atom is -0.392 e. The number of carbonyl (C=O) groups is 1. The summed E-state index contributed by atoms with van der Waals surface area (Å²) in [4.78, 5) is 13.9. The zero-order chi connectivity index (χ0) is 13.0. The summed E-state index contributed by atoms with van der Waals surface area (Å²) in [7, 11) is 0. The van der Waals surface area contributed by atoms with Gasteiger partial charge in [0.1, 0.15) is 5.54 Å². The molecule has 0 aromatic heterocycles. The van der Waals surface area contributed by atoms with Crippen LogP contribution in [-0.2, 0) is 4.79 Å². The molecule has 1 amide bonds. The van der Waals surface area contributed by atoms with Crippen molar-refractivity contribution >= 4 is 5.91 Å². The van der Waals surface area contributed by atoms with Crippen LogP contribution in [0.2, 0.25) is 0 Å². The first-order chi connectivity index (χ1) is 8.63. The number of β-amino-alcohol motifs (C(OH)–C–C–N with tert-alkyl or cyclic N) is 1. The summed E-state index contributed by atoms with van der Waals surface area (Å²) in [6.45, 7) is 1.71. The SMILES string of the molecule is N#CC1(NC(=O)CN2CCC[C@H](O)C2)CCCC1. The Bertz CT molecular complexity index is 345. The second-order valence-corrected chi connectivity index (χ2v) is 5.48. The van der Waals surface area contributed by atoms with E-state index in [0.717, 1.165) is 45.1 Å². The molecule has 0 radical (unpaired) electrons. The van der Waals surface area contributed by atoms with E-state index in [1.807, 2.05) is 4.90 Å². The van der Waals surface area contributed by atoms with Crippen LogP contribution in [0.25, 0.3) is 0 Å². The number of hydrogen-bond acceptors (Lipinski definition) is 4. The van der Waals surface area contributed by atoms with Crippen molar-refractivity contribution in [3.8, 4) is 6.07 Å². The predicted molar refractivity (Wildman–Crippen MR) is 66.6 cm³/mol. The Morgan fingerprint density at radius 3 is 2.78 bits per heavy atom. The highest BCUT2D eigenvalue weighted by Crippen LogP contribution is 2.28. The van der Waals surface area contributed by atoms with Crippen LogP contribution >= 0.6 is 0 Å². The second kappa shape index (κ2) is 5.68. The van der Waals surface area contributed by atoms with E-state index in [4.69, 9.17) is 0 Å². The summed E-state index contributed by atoms with van der Waals surface area (Å²) in [6.07, 6.45) is 4.98. The van der Waals surface area contributed by atoms with Gasteiger partial charge < -0.3 is 10.4 Å². The Morgan fingerprint density at radius 2 is 2.17 bits per heavy atom. The van der Waals surface area contributed by atoms with Crippen molar-refractivity contribution in [2.24, 2.45) is 0 Å². The van der Waals surface area contributed by atoms with Crippen LogP contribution in [0, 0.1) is 11.3 Å². The third-order valence-electron chi connectivity index (χ3n) is 3.90. The third kappa shape index (κ3) is 3.21. The maximum atomic E-state index is 12.0. The lowest BCUT2D eigenvalue weighted by atomic mass is 10.00. The number of likely N-dealkylation sites (tertiary alicyclic amines) is 1. The van der Waals surface area contributed by atoms with E-state index < -0.39 is 5.54 Å². The zero-order valence-corrected chi connectivity index (χ0v) is 10.7. The standard InChI is InChI=1S/C13H21N3O2/c14-10-13(5-1-2-6-13)15-12(18)9-16-7-3-4-11(17)8-16/h11,17H,1-9H2,(H,15,18)/t11-/m0/s1. The van der Waals surface area contributed by atoms with Gasteiger partial charge in [-0.05, 0) is 45.1 Å². The summed E-state index contributed by atoms with van der Waals surface area (Å²) < 4.78 is 0. The first-order valence-electron chi connectivity index (χ1n) is 6.76. The molecular formula is C13H21N3O2. The molecule has 0 bridgehead atoms. The van der Waals surface area contributed by atoms with Crippen LogP contribution in [0.3, 0.4) is 0 Å². The molecule has 0 aromatic carbocycles. The van der Waals surface area contributed by atoms with E-state index in [1.165, 1.54) is 0 Å². The topological polar surface area (TPSA) is 76.4 Å². The van der Waals surface area contributed by atoms with Crippen molar-refractivity contribution in [1.29, 1.82) is 5.26 Å². The van der Waals surface area contributed by atoms with Crippen molar-refractivity contribution in [3.63, 3.8) is 0 Å². The summed E-state index contributed by atoms with van der Waals surface area (Å²) in [5.41, 5.74) is -0.633. The maximum absolute atomic E-state index is 12.0. The van der Waals surface area contributed by atoms with E-state index in [9.17, 15) is 15.2 Å². The highest BCUT2D eigenvalue weighted by molar-refractivity contribution is 5.79. The number of nitrogens with one attached hydrogen (secondary N) is 1. The van der Waals surface area contributed by atoms with Crippen LogP contribution in [0.15, 0.2) is 0 Å². The molecule has 1 heterocycles. The van der Waals surface area contributed by atoms with E-state index in [-0.39, 0.29) is 12.0 Å². The molecule has 2 N–H and O–H groups in total. The van der Waals surface area contributed by atoms with Crippen LogP contribution in [0.4, 0.5) is 0 Å². The molecule has 5 nitrogen and oxygen atoms in total. The average Bonchev–Trinajstić information content (AvgIpc) is 2.78. The molecule has 0 unspecified atom stereocenters. The molecule has 2 aliphatic rings. The van der Waals surface area contributed by atoms with Crippen molar-refractivity contribution < 1.29 is 9.90 Å². The van der Waals surface area contributed by atoms with Crippen molar-refractivity contribution in [1.82, 2.24) is 10.2 Å². The number of piperidine rings is 1. The number of aliphatic hydroxyl groups excluding tert-OH is 1. The fraction of sp³-hybridized carbons (Fsp3) is 0.846. The van der Waals surface area contributed by atoms with E-state index in [0.29, 0.717) is 13.1 Å². The van der Waals surface area contributed by atoms with Gasteiger partial charge in [-0.25, -0.2) is 0 Å². The molecule has 2 fully saturated rings. The van der Waals surface area contributed by atoms with E-state index in [2.05, 4.69) is 11.4 Å². The molecule has 1 saturated carbocycles. The number of nitrogens with zero attached hydrogens (tertiary/aromatic N) is 2. The first-order valence-corrected chi connectivity index (χ1v) is 6.76. The Balaban J connectivity index is 1.83. The summed E-state index contributed by atoms with van der Waals surface area (Å²) in [5.74, 6) is -0.0902. The summed E-state index contributed by atoms with van der Waals surface area (Å²) in [6, 6.07) is 2.25. The number of amides is 1. The van der Waals surface area contributed by atoms with Gasteiger partial charge in [-0.3, -0.25) is 9.69 Å². The van der Waals surface area contributed by atoms with Crippen LogP contribution < -0.4 is 5.32 Å². The van der Waals surface area contributed by atoms with Gasteiger partial charge in [0.25, 0.3) is 0 Å². The predicted octanol–water partition coefficient (Wildman–Crippen LogP) is 0.396. The summed E-state index contributed by atoms with van der Waals surface area (Å²) in [5, 5.41) is 21.6. The van der Waals surface area contributed by atoms with Crippen molar-refractivity contribution in [2.45, 2.75) is 50.2 Å². The van der Waals surface area contributed by atoms with Crippen molar-refractivity contribution in [3.05, 3.63) is 0 Å². The van der Waals surface area contributed by atoms with E-state index in [1.54, 1.807) is 0 Å². The number of hydrogen-bond donors (Lipinski definition) is 2. The minimum atomic E-state index is -0.633. The van der Waals surface area contributed by atoms with Crippen LogP contribution in [0.1, 0.15) is 38.5 Å². The lowest BCUT2D eigenvalue weighted by molar-refractivity contribution is -0.124. The lowest BCUT2D eigenvalue weighted by Gasteiger charge is -2.30. The van der Waals surface area contributed by atoms with E-state index >= 15 is 0 Å². The Hall–Kier alpha value is -1.12. The summed E-state index contributed by atoms with van der Waals surface area (Å²) >= 11 is 0. The molecule has 1 aliphatic heterocycles. The molecule has 2 rings (SSSR count). The zero-order valence-electron chi connectivity index (χ0n) is 10.7. The normalized spacial score (nSPS) is 27.7. The molecule has 100 valence electrons. The number of nitriles is 1. The second-order valence-electron chi connectivity index (χ2n) is 5.48. The van der Waals surface area contributed by atoms with Gasteiger partial charge in [0.15, 0.2) is 0 Å². The molecular weight excluding hydrogens is 230 g/mol. The van der Waals surface area contributed by atoms with Gasteiger partial charge in [-0.1, -0.05) is 0 Å². The van der Waals surface area contributed by atoms with Gasteiger partial charge in [-0.15, -0.1) is 0 Å². The van der Waals surface area contributed by atoms with Crippen molar-refractivity contribution in [2.75, 3.05) is 19.6 Å². The number of rotatable bonds is 3. The lowest BCUT2D eigenvalue weighted by Crippen LogP contribution is -2.50. The Labute approximate surface area is 108 Å². The van der Waals surface area contributed by atoms with Gasteiger partial charge in [0.2, 0.25) is 5.91 Å². The molecule has 0 spiro atoms. The fourth-order valence-electron chi connectivity index (χ4n) is 2.93. The van der Waals surface area contributed by atoms with Gasteiger partial charge in [0.05, 0.1) is 18.7 Å².